The molecule has 0 radical (unpaired) electrons. The van der Waals surface area contributed by atoms with E-state index < -0.39 is 0 Å². The van der Waals surface area contributed by atoms with Crippen molar-refractivity contribution in [3.63, 3.8) is 0 Å². The van der Waals surface area contributed by atoms with Crippen molar-refractivity contribution in [3.05, 3.63) is 64.4 Å². The van der Waals surface area contributed by atoms with E-state index in [9.17, 15) is 9.50 Å². The summed E-state index contributed by atoms with van der Waals surface area (Å²) in [6, 6.07) is 12.2. The minimum absolute atomic E-state index is 0.0179. The molecule has 22 heavy (non-hydrogen) atoms. The molecule has 1 aliphatic rings. The van der Waals surface area contributed by atoms with Gasteiger partial charge in [-0.1, -0.05) is 23.7 Å². The Morgan fingerprint density at radius 3 is 2.77 bits per heavy atom. The molecule has 0 saturated carbocycles. The smallest absolute Gasteiger partial charge is 0.123 e. The fraction of sp³-hybridized carbons (Fsp3) is 0.294. The van der Waals surface area contributed by atoms with Crippen LogP contribution in [0.1, 0.15) is 29.6 Å². The number of rotatable bonds is 4. The van der Waals surface area contributed by atoms with Crippen LogP contribution in [0.2, 0.25) is 5.02 Å². The predicted octanol–water partition coefficient (Wildman–Crippen LogP) is 4.34. The van der Waals surface area contributed by atoms with Gasteiger partial charge >= 0.3 is 0 Å². The summed E-state index contributed by atoms with van der Waals surface area (Å²) in [4.78, 5) is 1.11. The highest BCUT2D eigenvalue weighted by Crippen LogP contribution is 2.37. The molecule has 1 aliphatic heterocycles. The molecule has 0 spiro atoms. The van der Waals surface area contributed by atoms with E-state index in [-0.39, 0.29) is 24.5 Å². The lowest BCUT2D eigenvalue weighted by Gasteiger charge is -2.30. The van der Waals surface area contributed by atoms with Crippen LogP contribution >= 0.6 is 23.4 Å². The zero-order valence-corrected chi connectivity index (χ0v) is 13.5. The number of thioether (sulfide) groups is 1. The first kappa shape index (κ1) is 15.8. The molecule has 0 aromatic heterocycles. The Labute approximate surface area is 138 Å². The third kappa shape index (κ3) is 3.46. The highest BCUT2D eigenvalue weighted by Gasteiger charge is 2.24. The van der Waals surface area contributed by atoms with Crippen LogP contribution in [0.15, 0.2) is 47.4 Å². The molecule has 2 aromatic carbocycles. The standard InChI is InChI=1S/C17H17ClFNOS/c18-12-3-1-11(2-4-12)16(10-21)20-15-7-8-22-17-6-5-13(19)9-14(15)17/h1-6,9,15-16,20-21H,7-8,10H2. The molecular formula is C17H17ClFNOS. The molecule has 0 amide bonds. The number of nitrogens with one attached hydrogen (secondary N) is 1. The highest BCUT2D eigenvalue weighted by atomic mass is 35.5. The van der Waals surface area contributed by atoms with Crippen molar-refractivity contribution in [1.29, 1.82) is 0 Å². The third-order valence-electron chi connectivity index (χ3n) is 3.87. The summed E-state index contributed by atoms with van der Waals surface area (Å²) in [7, 11) is 0. The van der Waals surface area contributed by atoms with Crippen molar-refractivity contribution in [3.8, 4) is 0 Å². The number of aliphatic hydroxyl groups excluding tert-OH is 1. The lowest BCUT2D eigenvalue weighted by molar-refractivity contribution is 0.231. The van der Waals surface area contributed by atoms with Crippen molar-refractivity contribution < 1.29 is 9.50 Å². The molecule has 116 valence electrons. The summed E-state index contributed by atoms with van der Waals surface area (Å²) < 4.78 is 13.6. The Morgan fingerprint density at radius 1 is 1.27 bits per heavy atom. The zero-order chi connectivity index (χ0) is 15.5. The van der Waals surface area contributed by atoms with Gasteiger partial charge in [-0.05, 0) is 53.6 Å². The number of fused-ring (bicyclic) bond motifs is 1. The van der Waals surface area contributed by atoms with E-state index >= 15 is 0 Å². The largest absolute Gasteiger partial charge is 0.394 e. The first-order valence-corrected chi connectivity index (χ1v) is 8.58. The quantitative estimate of drug-likeness (QED) is 0.870. The second kappa shape index (κ2) is 7.01. The number of hydrogen-bond acceptors (Lipinski definition) is 3. The van der Waals surface area contributed by atoms with Crippen molar-refractivity contribution in [2.24, 2.45) is 0 Å². The van der Waals surface area contributed by atoms with Crippen molar-refractivity contribution in [2.75, 3.05) is 12.4 Å². The monoisotopic (exact) mass is 337 g/mol. The van der Waals surface area contributed by atoms with Gasteiger partial charge in [-0.3, -0.25) is 0 Å². The van der Waals surface area contributed by atoms with Gasteiger partial charge in [-0.2, -0.15) is 0 Å². The first-order chi connectivity index (χ1) is 10.7. The fourth-order valence-electron chi connectivity index (χ4n) is 2.73. The minimum Gasteiger partial charge on any atom is -0.394 e. The maximum atomic E-state index is 13.6. The van der Waals surface area contributed by atoms with Crippen LogP contribution in [0.5, 0.6) is 0 Å². The Morgan fingerprint density at radius 2 is 2.05 bits per heavy atom. The molecule has 0 saturated heterocycles. The number of aliphatic hydroxyl groups is 1. The van der Waals surface area contributed by atoms with E-state index in [0.29, 0.717) is 5.02 Å². The van der Waals surface area contributed by atoms with Crippen LogP contribution < -0.4 is 5.32 Å². The average molecular weight is 338 g/mol. The van der Waals surface area contributed by atoms with Gasteiger partial charge in [0.05, 0.1) is 12.6 Å². The topological polar surface area (TPSA) is 32.3 Å². The van der Waals surface area contributed by atoms with Gasteiger partial charge in [0.1, 0.15) is 5.82 Å². The number of halogens is 2. The lowest BCUT2D eigenvalue weighted by Crippen LogP contribution is -2.31. The van der Waals surface area contributed by atoms with E-state index in [2.05, 4.69) is 5.32 Å². The summed E-state index contributed by atoms with van der Waals surface area (Å²) in [6.45, 7) is -0.0179. The third-order valence-corrected chi connectivity index (χ3v) is 5.24. The van der Waals surface area contributed by atoms with Crippen LogP contribution in [-0.4, -0.2) is 17.5 Å². The number of hydrogen-bond donors (Lipinski definition) is 2. The number of benzene rings is 2. The molecule has 2 unspecified atom stereocenters. The Hall–Kier alpha value is -1.07. The Balaban J connectivity index is 1.83. The Bertz CT molecular complexity index is 650. The van der Waals surface area contributed by atoms with Crippen molar-refractivity contribution >= 4 is 23.4 Å². The van der Waals surface area contributed by atoms with Crippen LogP contribution in [0.4, 0.5) is 4.39 Å². The van der Waals surface area contributed by atoms with Crippen molar-refractivity contribution in [2.45, 2.75) is 23.4 Å². The highest BCUT2D eigenvalue weighted by molar-refractivity contribution is 7.99. The summed E-state index contributed by atoms with van der Waals surface area (Å²) >= 11 is 7.66. The van der Waals surface area contributed by atoms with Crippen molar-refractivity contribution in [1.82, 2.24) is 5.32 Å². The molecule has 0 bridgehead atoms. The van der Waals surface area contributed by atoms with Gasteiger partial charge in [0.2, 0.25) is 0 Å². The molecule has 5 heteroatoms. The van der Waals surface area contributed by atoms with Gasteiger partial charge < -0.3 is 10.4 Å². The first-order valence-electron chi connectivity index (χ1n) is 7.22. The van der Waals surface area contributed by atoms with Crippen LogP contribution in [-0.2, 0) is 0 Å². The van der Waals surface area contributed by atoms with E-state index in [1.807, 2.05) is 30.3 Å². The molecule has 2 atom stereocenters. The molecule has 2 nitrogen and oxygen atoms in total. The normalized spacial score (nSPS) is 18.8. The van der Waals surface area contributed by atoms with Gasteiger partial charge in [-0.25, -0.2) is 4.39 Å². The van der Waals surface area contributed by atoms with E-state index in [1.165, 1.54) is 6.07 Å². The summed E-state index contributed by atoms with van der Waals surface area (Å²) in [5, 5.41) is 13.8. The molecule has 0 fully saturated rings. The van der Waals surface area contributed by atoms with Gasteiger partial charge in [0, 0.05) is 16.0 Å². The van der Waals surface area contributed by atoms with Crippen LogP contribution in [0, 0.1) is 5.82 Å². The zero-order valence-electron chi connectivity index (χ0n) is 11.9. The van der Waals surface area contributed by atoms with Gasteiger partial charge in [0.25, 0.3) is 0 Å². The second-order valence-corrected chi connectivity index (χ2v) is 6.90. The maximum absolute atomic E-state index is 13.6. The fourth-order valence-corrected chi connectivity index (χ4v) is 3.96. The molecule has 1 heterocycles. The van der Waals surface area contributed by atoms with E-state index in [1.54, 1.807) is 17.8 Å². The van der Waals surface area contributed by atoms with E-state index in [0.717, 1.165) is 28.2 Å². The molecule has 3 rings (SSSR count). The molecule has 2 N–H and O–H groups in total. The van der Waals surface area contributed by atoms with E-state index in [4.69, 9.17) is 11.6 Å². The summed E-state index contributed by atoms with van der Waals surface area (Å²) in [5.41, 5.74) is 1.95. The van der Waals surface area contributed by atoms with Crippen LogP contribution in [0.25, 0.3) is 0 Å². The SMILES string of the molecule is OCC(NC1CCSc2ccc(F)cc21)c1ccc(Cl)cc1. The average Bonchev–Trinajstić information content (AvgIpc) is 2.54. The maximum Gasteiger partial charge on any atom is 0.123 e. The second-order valence-electron chi connectivity index (χ2n) is 5.33. The summed E-state index contributed by atoms with van der Waals surface area (Å²) in [5.74, 6) is 0.759. The Kier molecular flexibility index (Phi) is 5.03. The van der Waals surface area contributed by atoms with Crippen LogP contribution in [0.3, 0.4) is 0 Å². The molecule has 0 aliphatic carbocycles. The van der Waals surface area contributed by atoms with Gasteiger partial charge in [-0.15, -0.1) is 11.8 Å². The summed E-state index contributed by atoms with van der Waals surface area (Å²) in [6.07, 6.45) is 0.908. The predicted molar refractivity (Wildman–Crippen MR) is 88.9 cm³/mol. The lowest BCUT2D eigenvalue weighted by atomic mass is 10.00. The molecule has 2 aromatic rings. The minimum atomic E-state index is -0.222. The molecular weight excluding hydrogens is 321 g/mol. The van der Waals surface area contributed by atoms with Gasteiger partial charge in [0.15, 0.2) is 0 Å².